The van der Waals surface area contributed by atoms with E-state index in [-0.39, 0.29) is 0 Å². The first-order chi connectivity index (χ1) is 9.35. The van der Waals surface area contributed by atoms with Crippen molar-refractivity contribution in [3.8, 4) is 12.3 Å². The first kappa shape index (κ1) is 13.7. The lowest BCUT2D eigenvalue weighted by molar-refractivity contribution is 0.673. The Hall–Kier alpha value is -1.72. The number of aryl methyl sites for hydroxylation is 1. The summed E-state index contributed by atoms with van der Waals surface area (Å²) in [6.45, 7) is 5.21. The molecule has 0 fully saturated rings. The zero-order valence-electron chi connectivity index (χ0n) is 11.7. The molecule has 2 nitrogen and oxygen atoms in total. The normalized spacial score (nSPS) is 10.7. The number of hydrogen-bond acceptors (Lipinski definition) is 1. The maximum atomic E-state index is 5.29. The molecule has 0 aliphatic rings. The Balaban J connectivity index is 2.06. The Morgan fingerprint density at radius 3 is 3.00 bits per heavy atom. The van der Waals surface area contributed by atoms with Gasteiger partial charge in [-0.05, 0) is 48.5 Å². The third kappa shape index (κ3) is 3.62. The fourth-order valence-corrected chi connectivity index (χ4v) is 2.32. The lowest BCUT2D eigenvalue weighted by Gasteiger charge is -2.06. The second-order valence-corrected chi connectivity index (χ2v) is 4.89. The van der Waals surface area contributed by atoms with Gasteiger partial charge in [-0.15, -0.1) is 12.3 Å². The molecule has 1 heterocycles. The largest absolute Gasteiger partial charge is 0.347 e. The molecule has 2 aromatic rings. The maximum absolute atomic E-state index is 5.29. The van der Waals surface area contributed by atoms with Gasteiger partial charge in [-0.2, -0.15) is 0 Å². The van der Waals surface area contributed by atoms with Crippen LogP contribution in [0, 0.1) is 12.3 Å². The van der Waals surface area contributed by atoms with Gasteiger partial charge in [0.15, 0.2) is 0 Å². The van der Waals surface area contributed by atoms with E-state index in [1.54, 1.807) is 0 Å². The van der Waals surface area contributed by atoms with Crippen LogP contribution in [0.25, 0.3) is 10.9 Å². The van der Waals surface area contributed by atoms with Crippen molar-refractivity contribution >= 4 is 10.9 Å². The van der Waals surface area contributed by atoms with Crippen molar-refractivity contribution in [1.82, 2.24) is 9.88 Å². The summed E-state index contributed by atoms with van der Waals surface area (Å²) < 4.78 is 2.29. The maximum Gasteiger partial charge on any atom is 0.0480 e. The monoisotopic (exact) mass is 254 g/mol. The molecule has 1 aromatic heterocycles. The SMILES string of the molecule is C#CCCCn1ccc2cc(CNCCC)ccc21. The van der Waals surface area contributed by atoms with Crippen LogP contribution < -0.4 is 5.32 Å². The fourth-order valence-electron chi connectivity index (χ4n) is 2.32. The summed E-state index contributed by atoms with van der Waals surface area (Å²) in [5.41, 5.74) is 2.65. The van der Waals surface area contributed by atoms with Gasteiger partial charge in [0.05, 0.1) is 0 Å². The number of nitrogens with zero attached hydrogens (tertiary/aromatic N) is 1. The summed E-state index contributed by atoms with van der Waals surface area (Å²) >= 11 is 0. The van der Waals surface area contributed by atoms with Crippen LogP contribution in [-0.4, -0.2) is 11.1 Å². The average molecular weight is 254 g/mol. The molecular weight excluding hydrogens is 232 g/mol. The average Bonchev–Trinajstić information content (AvgIpc) is 2.82. The van der Waals surface area contributed by atoms with E-state index in [9.17, 15) is 0 Å². The van der Waals surface area contributed by atoms with Crippen LogP contribution >= 0.6 is 0 Å². The van der Waals surface area contributed by atoms with Crippen LogP contribution in [0.5, 0.6) is 0 Å². The molecule has 0 saturated carbocycles. The van der Waals surface area contributed by atoms with Gasteiger partial charge >= 0.3 is 0 Å². The van der Waals surface area contributed by atoms with Gasteiger partial charge in [-0.3, -0.25) is 0 Å². The molecule has 2 heteroatoms. The molecule has 0 bridgehead atoms. The minimum Gasteiger partial charge on any atom is -0.347 e. The highest BCUT2D eigenvalue weighted by molar-refractivity contribution is 5.80. The standard InChI is InChI=1S/C17H22N2/c1-3-5-6-11-19-12-9-16-13-15(7-8-17(16)19)14-18-10-4-2/h1,7-9,12-13,18H,4-6,10-11,14H2,2H3. The van der Waals surface area contributed by atoms with E-state index in [0.29, 0.717) is 0 Å². The molecule has 0 spiro atoms. The third-order valence-corrected chi connectivity index (χ3v) is 3.31. The van der Waals surface area contributed by atoms with Crippen LogP contribution in [-0.2, 0) is 13.1 Å². The van der Waals surface area contributed by atoms with Crippen LogP contribution in [0.1, 0.15) is 31.7 Å². The van der Waals surface area contributed by atoms with Crippen molar-refractivity contribution in [2.24, 2.45) is 0 Å². The highest BCUT2D eigenvalue weighted by Gasteiger charge is 2.02. The van der Waals surface area contributed by atoms with Crippen molar-refractivity contribution in [2.75, 3.05) is 6.54 Å². The molecule has 0 atom stereocenters. The van der Waals surface area contributed by atoms with Gasteiger partial charge in [0.1, 0.15) is 0 Å². The Kier molecular flexibility index (Phi) is 5.06. The smallest absolute Gasteiger partial charge is 0.0480 e. The number of hydrogen-bond donors (Lipinski definition) is 1. The summed E-state index contributed by atoms with van der Waals surface area (Å²) in [5.74, 6) is 2.69. The molecule has 2 rings (SSSR count). The van der Waals surface area contributed by atoms with Gasteiger partial charge in [-0.1, -0.05) is 13.0 Å². The summed E-state index contributed by atoms with van der Waals surface area (Å²) in [5, 5.41) is 4.75. The number of aromatic nitrogens is 1. The lowest BCUT2D eigenvalue weighted by Crippen LogP contribution is -2.13. The fraction of sp³-hybridized carbons (Fsp3) is 0.412. The molecule has 0 radical (unpaired) electrons. The molecular formula is C17H22N2. The summed E-state index contributed by atoms with van der Waals surface area (Å²) in [7, 11) is 0. The summed E-state index contributed by atoms with van der Waals surface area (Å²) in [6, 6.07) is 8.89. The van der Waals surface area contributed by atoms with Gasteiger partial charge in [0, 0.05) is 31.2 Å². The molecule has 1 aromatic carbocycles. The van der Waals surface area contributed by atoms with E-state index in [0.717, 1.165) is 32.5 Å². The zero-order valence-corrected chi connectivity index (χ0v) is 11.7. The Labute approximate surface area is 115 Å². The second-order valence-electron chi connectivity index (χ2n) is 4.89. The Morgan fingerprint density at radius 2 is 2.21 bits per heavy atom. The van der Waals surface area contributed by atoms with E-state index in [1.807, 2.05) is 0 Å². The quantitative estimate of drug-likeness (QED) is 0.590. The summed E-state index contributed by atoms with van der Waals surface area (Å²) in [6.07, 6.45) is 10.5. The number of unbranched alkanes of at least 4 members (excludes halogenated alkanes) is 1. The van der Waals surface area contributed by atoms with Crippen LogP contribution in [0.15, 0.2) is 30.5 Å². The molecule has 19 heavy (non-hydrogen) atoms. The molecule has 1 N–H and O–H groups in total. The zero-order chi connectivity index (χ0) is 13.5. The minimum absolute atomic E-state index is 0.846. The van der Waals surface area contributed by atoms with Crippen LogP contribution in [0.3, 0.4) is 0 Å². The van der Waals surface area contributed by atoms with Crippen LogP contribution in [0.2, 0.25) is 0 Å². The number of rotatable bonds is 7. The first-order valence-electron chi connectivity index (χ1n) is 7.07. The summed E-state index contributed by atoms with van der Waals surface area (Å²) in [4.78, 5) is 0. The molecule has 0 aliphatic heterocycles. The van der Waals surface area contributed by atoms with Crippen LogP contribution in [0.4, 0.5) is 0 Å². The number of fused-ring (bicyclic) bond motifs is 1. The Bertz CT molecular complexity index is 560. The predicted molar refractivity (Wildman–Crippen MR) is 82.0 cm³/mol. The van der Waals surface area contributed by atoms with Gasteiger partial charge in [0.2, 0.25) is 0 Å². The highest BCUT2D eigenvalue weighted by atomic mass is 14.9. The van der Waals surface area contributed by atoms with E-state index in [4.69, 9.17) is 6.42 Å². The van der Waals surface area contributed by atoms with Crippen molar-refractivity contribution < 1.29 is 0 Å². The van der Waals surface area contributed by atoms with Gasteiger partial charge in [-0.25, -0.2) is 0 Å². The lowest BCUT2D eigenvalue weighted by atomic mass is 10.1. The van der Waals surface area contributed by atoms with Gasteiger partial charge in [0.25, 0.3) is 0 Å². The van der Waals surface area contributed by atoms with Crippen molar-refractivity contribution in [3.63, 3.8) is 0 Å². The number of benzene rings is 1. The van der Waals surface area contributed by atoms with E-state index >= 15 is 0 Å². The molecule has 0 amide bonds. The minimum atomic E-state index is 0.846. The first-order valence-corrected chi connectivity index (χ1v) is 7.07. The molecule has 0 unspecified atom stereocenters. The van der Waals surface area contributed by atoms with Crippen molar-refractivity contribution in [1.29, 1.82) is 0 Å². The van der Waals surface area contributed by atoms with Crippen molar-refractivity contribution in [3.05, 3.63) is 36.0 Å². The van der Waals surface area contributed by atoms with Crippen molar-refractivity contribution in [2.45, 2.75) is 39.3 Å². The predicted octanol–water partition coefficient (Wildman–Crippen LogP) is 3.55. The molecule has 100 valence electrons. The van der Waals surface area contributed by atoms with E-state index in [1.165, 1.54) is 22.9 Å². The molecule has 0 saturated heterocycles. The number of terminal acetylenes is 1. The topological polar surface area (TPSA) is 17.0 Å². The van der Waals surface area contributed by atoms with E-state index in [2.05, 4.69) is 53.2 Å². The second kappa shape index (κ2) is 7.01. The third-order valence-electron chi connectivity index (χ3n) is 3.31. The Morgan fingerprint density at radius 1 is 1.32 bits per heavy atom. The highest BCUT2D eigenvalue weighted by Crippen LogP contribution is 2.18. The van der Waals surface area contributed by atoms with E-state index < -0.39 is 0 Å². The van der Waals surface area contributed by atoms with Gasteiger partial charge < -0.3 is 9.88 Å². The molecule has 0 aliphatic carbocycles. The number of nitrogens with one attached hydrogen (secondary N) is 1.